The summed E-state index contributed by atoms with van der Waals surface area (Å²) in [7, 11) is 3.85. The first kappa shape index (κ1) is 20.6. The van der Waals surface area contributed by atoms with E-state index in [1.807, 2.05) is 12.1 Å². The van der Waals surface area contributed by atoms with Crippen molar-refractivity contribution in [2.24, 2.45) is 11.8 Å². The number of methoxy groups -OCH3 is 1. The SMILES string of the molecule is CC[C@@]12CC(=O)CCC1C(N(C)CC1CC1)Cc1c(-c3ccoc3)cc(OC)c(O)c12. The van der Waals surface area contributed by atoms with E-state index in [9.17, 15) is 9.90 Å². The van der Waals surface area contributed by atoms with Gasteiger partial charge in [0.05, 0.1) is 19.6 Å². The summed E-state index contributed by atoms with van der Waals surface area (Å²) < 4.78 is 11.0. The minimum atomic E-state index is -0.359. The number of hydrogen-bond acceptors (Lipinski definition) is 5. The van der Waals surface area contributed by atoms with Gasteiger partial charge in [-0.25, -0.2) is 0 Å². The molecule has 2 saturated carbocycles. The van der Waals surface area contributed by atoms with Crippen molar-refractivity contribution in [2.75, 3.05) is 20.7 Å². The van der Waals surface area contributed by atoms with E-state index >= 15 is 0 Å². The van der Waals surface area contributed by atoms with Gasteiger partial charge in [-0.3, -0.25) is 4.79 Å². The smallest absolute Gasteiger partial charge is 0.161 e. The monoisotopic (exact) mass is 423 g/mol. The molecule has 5 rings (SSSR count). The Hall–Kier alpha value is -2.27. The van der Waals surface area contributed by atoms with Crippen molar-refractivity contribution in [1.29, 1.82) is 0 Å². The molecule has 3 aliphatic carbocycles. The Balaban J connectivity index is 1.73. The summed E-state index contributed by atoms with van der Waals surface area (Å²) in [6.45, 7) is 3.29. The van der Waals surface area contributed by atoms with Crippen LogP contribution in [0, 0.1) is 11.8 Å². The molecule has 31 heavy (non-hydrogen) atoms. The number of carbonyl (C=O) groups is 1. The molecule has 2 fully saturated rings. The van der Waals surface area contributed by atoms with Crippen LogP contribution in [0.4, 0.5) is 0 Å². The molecule has 1 aromatic carbocycles. The van der Waals surface area contributed by atoms with E-state index in [0.717, 1.165) is 54.0 Å². The molecule has 2 aromatic rings. The average molecular weight is 424 g/mol. The number of benzene rings is 1. The van der Waals surface area contributed by atoms with Gasteiger partial charge in [-0.15, -0.1) is 0 Å². The van der Waals surface area contributed by atoms with Crippen LogP contribution in [0.5, 0.6) is 11.5 Å². The van der Waals surface area contributed by atoms with Crippen molar-refractivity contribution in [1.82, 2.24) is 4.90 Å². The molecular weight excluding hydrogens is 390 g/mol. The number of hydrogen-bond donors (Lipinski definition) is 1. The number of ether oxygens (including phenoxy) is 1. The lowest BCUT2D eigenvalue weighted by Crippen LogP contribution is -2.56. The van der Waals surface area contributed by atoms with Crippen LogP contribution in [0.15, 0.2) is 29.1 Å². The molecule has 0 bridgehead atoms. The molecule has 0 aliphatic heterocycles. The second kappa shape index (κ2) is 7.70. The van der Waals surface area contributed by atoms with Crippen LogP contribution in [0.25, 0.3) is 11.1 Å². The number of Topliss-reactive ketones (excluding diaryl/α,β-unsaturated/α-hetero) is 1. The highest BCUT2D eigenvalue weighted by molar-refractivity contribution is 5.83. The second-order valence-electron chi connectivity index (χ2n) is 9.87. The van der Waals surface area contributed by atoms with E-state index in [-0.39, 0.29) is 11.2 Å². The molecule has 0 amide bonds. The van der Waals surface area contributed by atoms with Crippen LogP contribution in [-0.2, 0) is 16.6 Å². The summed E-state index contributed by atoms with van der Waals surface area (Å²) in [4.78, 5) is 15.3. The number of phenols is 1. The highest BCUT2D eigenvalue weighted by atomic mass is 16.5. The number of carbonyl (C=O) groups excluding carboxylic acids is 1. The maximum atomic E-state index is 12.8. The van der Waals surface area contributed by atoms with Gasteiger partial charge in [-0.05, 0) is 74.2 Å². The number of nitrogens with zero attached hydrogens (tertiary/aromatic N) is 1. The summed E-state index contributed by atoms with van der Waals surface area (Å²) in [6.07, 6.45) is 9.84. The number of rotatable bonds is 6. The zero-order valence-corrected chi connectivity index (χ0v) is 18.8. The van der Waals surface area contributed by atoms with Gasteiger partial charge in [0.2, 0.25) is 0 Å². The van der Waals surface area contributed by atoms with Gasteiger partial charge >= 0.3 is 0 Å². The van der Waals surface area contributed by atoms with Crippen LogP contribution in [0.1, 0.15) is 56.6 Å². The van der Waals surface area contributed by atoms with E-state index in [1.165, 1.54) is 12.8 Å². The standard InChI is InChI=1S/C26H33NO4/c1-4-26-13-18(28)7-8-21(26)22(27(2)14-16-5-6-16)11-20-19(17-9-10-31-15-17)12-23(30-3)25(29)24(20)26/h9-10,12,15-16,21-22,29H,4-8,11,13-14H2,1-3H3/t21?,22?,26-/m1/s1. The fraction of sp³-hybridized carbons (Fsp3) is 0.577. The Bertz CT molecular complexity index is 978. The van der Waals surface area contributed by atoms with Crippen LogP contribution >= 0.6 is 0 Å². The Kier molecular flexibility index (Phi) is 5.12. The fourth-order valence-electron chi connectivity index (χ4n) is 6.49. The van der Waals surface area contributed by atoms with E-state index in [0.29, 0.717) is 36.3 Å². The lowest BCUT2D eigenvalue weighted by Gasteiger charge is -2.54. The molecule has 0 radical (unpaired) electrons. The molecule has 166 valence electrons. The predicted octanol–water partition coefficient (Wildman–Crippen LogP) is 4.94. The van der Waals surface area contributed by atoms with E-state index < -0.39 is 0 Å². The third-order valence-corrected chi connectivity index (χ3v) is 8.20. The van der Waals surface area contributed by atoms with Crippen molar-refractivity contribution in [3.05, 3.63) is 35.8 Å². The van der Waals surface area contributed by atoms with Crippen LogP contribution in [-0.4, -0.2) is 42.5 Å². The Morgan fingerprint density at radius 2 is 2.13 bits per heavy atom. The van der Waals surface area contributed by atoms with Crippen LogP contribution in [0.2, 0.25) is 0 Å². The van der Waals surface area contributed by atoms with Crippen molar-refractivity contribution in [2.45, 2.75) is 63.3 Å². The van der Waals surface area contributed by atoms with Crippen LogP contribution < -0.4 is 4.74 Å². The molecule has 3 atom stereocenters. The lowest BCUT2D eigenvalue weighted by molar-refractivity contribution is -0.125. The Morgan fingerprint density at radius 3 is 2.77 bits per heavy atom. The van der Waals surface area contributed by atoms with Gasteiger partial charge < -0.3 is 19.2 Å². The van der Waals surface area contributed by atoms with Gasteiger partial charge in [0.15, 0.2) is 11.5 Å². The largest absolute Gasteiger partial charge is 0.504 e. The van der Waals surface area contributed by atoms with E-state index in [4.69, 9.17) is 9.15 Å². The molecule has 5 nitrogen and oxygen atoms in total. The minimum Gasteiger partial charge on any atom is -0.504 e. The maximum Gasteiger partial charge on any atom is 0.161 e. The number of furan rings is 1. The average Bonchev–Trinajstić information content (AvgIpc) is 3.41. The number of fused-ring (bicyclic) bond motifs is 3. The zero-order valence-electron chi connectivity index (χ0n) is 18.8. The van der Waals surface area contributed by atoms with Gasteiger partial charge in [-0.2, -0.15) is 0 Å². The van der Waals surface area contributed by atoms with E-state index in [1.54, 1.807) is 19.6 Å². The summed E-state index contributed by atoms with van der Waals surface area (Å²) in [5.74, 6) is 2.16. The summed E-state index contributed by atoms with van der Waals surface area (Å²) >= 11 is 0. The van der Waals surface area contributed by atoms with Crippen molar-refractivity contribution in [3.8, 4) is 22.6 Å². The molecule has 1 aromatic heterocycles. The summed E-state index contributed by atoms with van der Waals surface area (Å²) in [6, 6.07) is 4.26. The van der Waals surface area contributed by atoms with Crippen molar-refractivity contribution >= 4 is 5.78 Å². The molecular formula is C26H33NO4. The molecule has 1 N–H and O–H groups in total. The number of aromatic hydroxyl groups is 1. The molecule has 0 spiro atoms. The minimum absolute atomic E-state index is 0.217. The third kappa shape index (κ3) is 3.29. The molecule has 0 saturated heterocycles. The van der Waals surface area contributed by atoms with Gasteiger partial charge in [0.25, 0.3) is 0 Å². The topological polar surface area (TPSA) is 62.9 Å². The Morgan fingerprint density at radius 1 is 1.32 bits per heavy atom. The number of likely N-dealkylation sites (N-methyl/N-ethyl adjacent to an activating group) is 1. The maximum absolute atomic E-state index is 12.8. The normalized spacial score (nSPS) is 27.8. The number of ketones is 1. The quantitative estimate of drug-likeness (QED) is 0.713. The molecule has 2 unspecified atom stereocenters. The van der Waals surface area contributed by atoms with Gasteiger partial charge in [-0.1, -0.05) is 6.92 Å². The highest BCUT2D eigenvalue weighted by Crippen LogP contribution is 2.58. The highest BCUT2D eigenvalue weighted by Gasteiger charge is 2.54. The molecule has 1 heterocycles. The van der Waals surface area contributed by atoms with Crippen molar-refractivity contribution in [3.63, 3.8) is 0 Å². The van der Waals surface area contributed by atoms with Gasteiger partial charge in [0.1, 0.15) is 5.78 Å². The van der Waals surface area contributed by atoms with Crippen molar-refractivity contribution < 1.29 is 19.1 Å². The van der Waals surface area contributed by atoms with Gasteiger partial charge in [0, 0.05) is 42.0 Å². The fourth-order valence-corrected chi connectivity index (χ4v) is 6.49. The van der Waals surface area contributed by atoms with Crippen LogP contribution in [0.3, 0.4) is 0 Å². The third-order valence-electron chi connectivity index (χ3n) is 8.20. The molecule has 5 heteroatoms. The second-order valence-corrected chi connectivity index (χ2v) is 9.87. The first-order chi connectivity index (χ1) is 15.0. The first-order valence-electron chi connectivity index (χ1n) is 11.7. The zero-order chi connectivity index (χ0) is 21.8. The van der Waals surface area contributed by atoms with E-state index in [2.05, 4.69) is 18.9 Å². The predicted molar refractivity (Wildman–Crippen MR) is 120 cm³/mol. The summed E-state index contributed by atoms with van der Waals surface area (Å²) in [5.41, 5.74) is 3.78. The molecule has 3 aliphatic rings. The summed E-state index contributed by atoms with van der Waals surface area (Å²) in [5, 5.41) is 11.4. The number of phenolic OH excluding ortho intramolecular Hbond substituents is 1. The lowest BCUT2D eigenvalue weighted by atomic mass is 9.53. The first-order valence-corrected chi connectivity index (χ1v) is 11.7. The Labute approximate surface area is 184 Å².